The minimum atomic E-state index is -0.332. The molecule has 1 N–H and O–H groups in total. The van der Waals surface area contributed by atoms with Gasteiger partial charge in [0.05, 0.1) is 6.10 Å². The highest BCUT2D eigenvalue weighted by molar-refractivity contribution is 5.76. The first-order chi connectivity index (χ1) is 13.5. The third kappa shape index (κ3) is 5.60. The Morgan fingerprint density at radius 3 is 2.68 bits per heavy atom. The van der Waals surface area contributed by atoms with Crippen LogP contribution in [0.15, 0.2) is 47.1 Å². The molecular weight excluding hydrogens is 363 g/mol. The standard InChI is InChI=1S/C20H21FN4O3/c1-13(2)27-18-9-3-14(12-23-18)11-22-17(26)8-10-19-24-20(25-28-19)15-4-6-16(21)7-5-15/h3-7,9,12-13H,8,10-11H2,1-2H3,(H,22,26). The molecule has 0 aliphatic heterocycles. The van der Waals surface area contributed by atoms with Gasteiger partial charge < -0.3 is 14.6 Å². The molecule has 1 aromatic carbocycles. The van der Waals surface area contributed by atoms with Gasteiger partial charge in [-0.2, -0.15) is 4.98 Å². The molecule has 0 atom stereocenters. The van der Waals surface area contributed by atoms with E-state index in [-0.39, 0.29) is 24.2 Å². The van der Waals surface area contributed by atoms with Gasteiger partial charge in [0.15, 0.2) is 0 Å². The Morgan fingerprint density at radius 2 is 2.00 bits per heavy atom. The van der Waals surface area contributed by atoms with E-state index in [0.717, 1.165) is 5.56 Å². The maximum absolute atomic E-state index is 13.0. The number of aryl methyl sites for hydroxylation is 1. The smallest absolute Gasteiger partial charge is 0.227 e. The molecule has 1 amide bonds. The van der Waals surface area contributed by atoms with Crippen molar-refractivity contribution in [2.75, 3.05) is 0 Å². The Bertz CT molecular complexity index is 908. The molecule has 0 saturated heterocycles. The highest BCUT2D eigenvalue weighted by Crippen LogP contribution is 2.16. The number of amides is 1. The van der Waals surface area contributed by atoms with Crippen molar-refractivity contribution in [2.45, 2.75) is 39.3 Å². The van der Waals surface area contributed by atoms with Gasteiger partial charge in [0.1, 0.15) is 5.82 Å². The van der Waals surface area contributed by atoms with Crippen LogP contribution in [0, 0.1) is 5.82 Å². The molecule has 2 heterocycles. The van der Waals surface area contributed by atoms with Crippen molar-refractivity contribution in [2.24, 2.45) is 0 Å². The second kappa shape index (κ2) is 9.07. The summed E-state index contributed by atoms with van der Waals surface area (Å²) in [5, 5.41) is 6.68. The van der Waals surface area contributed by atoms with E-state index in [4.69, 9.17) is 9.26 Å². The molecule has 0 bridgehead atoms. The molecule has 0 radical (unpaired) electrons. The number of pyridine rings is 1. The zero-order valence-corrected chi connectivity index (χ0v) is 15.7. The normalized spacial score (nSPS) is 10.9. The SMILES string of the molecule is CC(C)Oc1ccc(CNC(=O)CCc2nc(-c3ccc(F)cc3)no2)cn1. The van der Waals surface area contributed by atoms with Crippen molar-refractivity contribution in [3.8, 4) is 17.3 Å². The summed E-state index contributed by atoms with van der Waals surface area (Å²) in [6.07, 6.45) is 2.27. The molecule has 0 fully saturated rings. The average molecular weight is 384 g/mol. The summed E-state index contributed by atoms with van der Waals surface area (Å²) in [6.45, 7) is 4.24. The van der Waals surface area contributed by atoms with Crippen LogP contribution in [-0.4, -0.2) is 27.1 Å². The van der Waals surface area contributed by atoms with Gasteiger partial charge in [0.2, 0.25) is 23.5 Å². The third-order valence-corrected chi connectivity index (χ3v) is 3.78. The van der Waals surface area contributed by atoms with Gasteiger partial charge >= 0.3 is 0 Å². The zero-order valence-electron chi connectivity index (χ0n) is 15.7. The highest BCUT2D eigenvalue weighted by atomic mass is 19.1. The number of nitrogens with one attached hydrogen (secondary N) is 1. The van der Waals surface area contributed by atoms with Crippen LogP contribution in [0.4, 0.5) is 4.39 Å². The molecule has 0 spiro atoms. The molecular formula is C20H21FN4O3. The van der Waals surface area contributed by atoms with Gasteiger partial charge in [0, 0.05) is 37.2 Å². The number of aromatic nitrogens is 3. The third-order valence-electron chi connectivity index (χ3n) is 3.78. The van der Waals surface area contributed by atoms with Crippen LogP contribution < -0.4 is 10.1 Å². The van der Waals surface area contributed by atoms with Crippen molar-refractivity contribution in [1.82, 2.24) is 20.4 Å². The van der Waals surface area contributed by atoms with Crippen LogP contribution in [0.2, 0.25) is 0 Å². The fourth-order valence-corrected chi connectivity index (χ4v) is 2.41. The van der Waals surface area contributed by atoms with E-state index in [1.165, 1.54) is 12.1 Å². The highest BCUT2D eigenvalue weighted by Gasteiger charge is 2.11. The Hall–Kier alpha value is -3.29. The number of ether oxygens (including phenoxy) is 1. The molecule has 3 aromatic rings. The summed E-state index contributed by atoms with van der Waals surface area (Å²) >= 11 is 0. The molecule has 7 nitrogen and oxygen atoms in total. The van der Waals surface area contributed by atoms with Crippen LogP contribution in [0.25, 0.3) is 11.4 Å². The van der Waals surface area contributed by atoms with Crippen LogP contribution >= 0.6 is 0 Å². The fourth-order valence-electron chi connectivity index (χ4n) is 2.41. The number of rotatable bonds is 8. The van der Waals surface area contributed by atoms with E-state index in [0.29, 0.717) is 36.1 Å². The van der Waals surface area contributed by atoms with Gasteiger partial charge in [-0.1, -0.05) is 11.2 Å². The van der Waals surface area contributed by atoms with Gasteiger partial charge in [-0.3, -0.25) is 4.79 Å². The molecule has 0 aliphatic carbocycles. The van der Waals surface area contributed by atoms with Crippen LogP contribution in [0.3, 0.4) is 0 Å². The summed E-state index contributed by atoms with van der Waals surface area (Å²) in [5.41, 5.74) is 1.53. The number of carbonyl (C=O) groups excluding carboxylic acids is 1. The van der Waals surface area contributed by atoms with E-state index in [1.807, 2.05) is 19.9 Å². The van der Waals surface area contributed by atoms with Crippen LogP contribution in [0.1, 0.15) is 31.7 Å². The Kier molecular flexibility index (Phi) is 6.31. The van der Waals surface area contributed by atoms with Crippen molar-refractivity contribution in [1.29, 1.82) is 0 Å². The molecule has 0 unspecified atom stereocenters. The number of benzene rings is 1. The predicted octanol–water partition coefficient (Wildman–Crippen LogP) is 3.31. The van der Waals surface area contributed by atoms with Crippen molar-refractivity contribution in [3.05, 3.63) is 59.9 Å². The summed E-state index contributed by atoms with van der Waals surface area (Å²) < 4.78 is 23.6. The maximum atomic E-state index is 13.0. The number of halogens is 1. The minimum Gasteiger partial charge on any atom is -0.475 e. The number of hydrogen-bond acceptors (Lipinski definition) is 6. The van der Waals surface area contributed by atoms with E-state index in [9.17, 15) is 9.18 Å². The summed E-state index contributed by atoms with van der Waals surface area (Å²) in [4.78, 5) is 20.5. The molecule has 3 rings (SSSR count). The lowest BCUT2D eigenvalue weighted by Gasteiger charge is -2.09. The minimum absolute atomic E-state index is 0.0614. The summed E-state index contributed by atoms with van der Waals surface area (Å²) in [6, 6.07) is 9.43. The molecule has 0 saturated carbocycles. The first-order valence-electron chi connectivity index (χ1n) is 8.96. The topological polar surface area (TPSA) is 90.1 Å². The molecule has 2 aromatic heterocycles. The monoisotopic (exact) mass is 384 g/mol. The zero-order chi connectivity index (χ0) is 19.9. The molecule has 0 aliphatic rings. The lowest BCUT2D eigenvalue weighted by molar-refractivity contribution is -0.121. The first kappa shape index (κ1) is 19.5. The van der Waals surface area contributed by atoms with E-state index < -0.39 is 0 Å². The van der Waals surface area contributed by atoms with Crippen molar-refractivity contribution in [3.63, 3.8) is 0 Å². The molecule has 146 valence electrons. The average Bonchev–Trinajstić information content (AvgIpc) is 3.15. The van der Waals surface area contributed by atoms with E-state index in [1.54, 1.807) is 24.4 Å². The molecule has 28 heavy (non-hydrogen) atoms. The van der Waals surface area contributed by atoms with Gasteiger partial charge in [0.25, 0.3) is 0 Å². The first-order valence-corrected chi connectivity index (χ1v) is 8.96. The number of carbonyl (C=O) groups is 1. The summed E-state index contributed by atoms with van der Waals surface area (Å²) in [5.74, 6) is 0.806. The van der Waals surface area contributed by atoms with Crippen LogP contribution in [-0.2, 0) is 17.8 Å². The van der Waals surface area contributed by atoms with Crippen molar-refractivity contribution >= 4 is 5.91 Å². The largest absolute Gasteiger partial charge is 0.475 e. The second-order valence-corrected chi connectivity index (χ2v) is 6.47. The maximum Gasteiger partial charge on any atom is 0.227 e. The fraction of sp³-hybridized carbons (Fsp3) is 0.300. The predicted molar refractivity (Wildman–Crippen MR) is 99.9 cm³/mol. The van der Waals surface area contributed by atoms with Gasteiger partial charge in [-0.25, -0.2) is 9.37 Å². The quantitative estimate of drug-likeness (QED) is 0.641. The second-order valence-electron chi connectivity index (χ2n) is 6.47. The van der Waals surface area contributed by atoms with Crippen LogP contribution in [0.5, 0.6) is 5.88 Å². The van der Waals surface area contributed by atoms with Gasteiger partial charge in [-0.05, 0) is 43.7 Å². The number of hydrogen-bond donors (Lipinski definition) is 1. The molecule has 8 heteroatoms. The Balaban J connectivity index is 1.45. The Labute approximate surface area is 161 Å². The Morgan fingerprint density at radius 1 is 1.21 bits per heavy atom. The van der Waals surface area contributed by atoms with E-state index >= 15 is 0 Å². The van der Waals surface area contributed by atoms with Crippen molar-refractivity contribution < 1.29 is 18.4 Å². The summed E-state index contributed by atoms with van der Waals surface area (Å²) in [7, 11) is 0. The van der Waals surface area contributed by atoms with Gasteiger partial charge in [-0.15, -0.1) is 0 Å². The lowest BCUT2D eigenvalue weighted by Crippen LogP contribution is -2.23. The van der Waals surface area contributed by atoms with E-state index in [2.05, 4.69) is 20.4 Å². The lowest BCUT2D eigenvalue weighted by atomic mass is 10.2. The number of nitrogens with zero attached hydrogens (tertiary/aromatic N) is 3.